The highest BCUT2D eigenvalue weighted by atomic mass is 16.6. The molecule has 0 fully saturated rings. The van der Waals surface area contributed by atoms with Gasteiger partial charge in [-0.05, 0) is 6.07 Å². The van der Waals surface area contributed by atoms with Crippen molar-refractivity contribution in [2.45, 2.75) is 0 Å². The molecule has 0 aliphatic heterocycles. The van der Waals surface area contributed by atoms with Crippen LogP contribution >= 0.6 is 0 Å². The van der Waals surface area contributed by atoms with Gasteiger partial charge in [0.1, 0.15) is 11.6 Å². The van der Waals surface area contributed by atoms with Gasteiger partial charge in [0, 0.05) is 37.1 Å². The van der Waals surface area contributed by atoms with Crippen LogP contribution in [-0.2, 0) is 4.79 Å². The molecule has 1 amide bonds. The van der Waals surface area contributed by atoms with Gasteiger partial charge in [0.15, 0.2) is 0 Å². The Morgan fingerprint density at radius 1 is 1.39 bits per heavy atom. The molecule has 9 nitrogen and oxygen atoms in total. The van der Waals surface area contributed by atoms with Gasteiger partial charge in [-0.1, -0.05) is 6.07 Å². The first-order valence-electron chi connectivity index (χ1n) is 6.65. The number of aliphatic hydroxyl groups excluding tert-OH is 2. The molecule has 1 rings (SSSR count). The smallest absolute Gasteiger partial charge is 0.271 e. The molecule has 1 aromatic carbocycles. The number of amides is 1. The van der Waals surface area contributed by atoms with E-state index in [1.54, 1.807) is 12.1 Å². The number of benzene rings is 1. The monoisotopic (exact) mass is 320 g/mol. The second kappa shape index (κ2) is 9.14. The summed E-state index contributed by atoms with van der Waals surface area (Å²) in [4.78, 5) is 23.4. The molecule has 0 aliphatic carbocycles. The fraction of sp³-hybridized carbons (Fsp3) is 0.286. The van der Waals surface area contributed by atoms with Gasteiger partial charge in [-0.3, -0.25) is 14.9 Å². The zero-order chi connectivity index (χ0) is 17.2. The van der Waals surface area contributed by atoms with Crippen LogP contribution in [0.25, 0.3) is 0 Å². The van der Waals surface area contributed by atoms with Crippen LogP contribution in [0, 0.1) is 21.4 Å². The van der Waals surface area contributed by atoms with E-state index in [0.717, 1.165) is 11.1 Å². The first-order valence-corrected chi connectivity index (χ1v) is 6.65. The lowest BCUT2D eigenvalue weighted by Crippen LogP contribution is -2.36. The lowest BCUT2D eigenvalue weighted by molar-refractivity contribution is -0.384. The number of carbonyl (C=O) groups is 1. The third-order valence-corrected chi connectivity index (χ3v) is 2.82. The SMILES string of the molecule is N#C/C(=C/Nc1cccc([N+](=O)[O-])c1)C(=O)N(CCO)CCO. The number of rotatable bonds is 8. The largest absolute Gasteiger partial charge is 0.395 e. The molecule has 1 aromatic rings. The van der Waals surface area contributed by atoms with Gasteiger partial charge in [0.05, 0.1) is 18.1 Å². The molecule has 0 bridgehead atoms. The van der Waals surface area contributed by atoms with E-state index in [2.05, 4.69) is 5.32 Å². The zero-order valence-corrected chi connectivity index (χ0v) is 12.2. The molecule has 23 heavy (non-hydrogen) atoms. The Morgan fingerprint density at radius 3 is 2.57 bits per heavy atom. The first-order chi connectivity index (χ1) is 11.0. The molecule has 0 atom stereocenters. The van der Waals surface area contributed by atoms with Crippen molar-refractivity contribution in [3.05, 3.63) is 46.2 Å². The summed E-state index contributed by atoms with van der Waals surface area (Å²) >= 11 is 0. The number of nitrogens with zero attached hydrogens (tertiary/aromatic N) is 3. The maximum atomic E-state index is 12.1. The van der Waals surface area contributed by atoms with Crippen molar-refractivity contribution in [3.63, 3.8) is 0 Å². The molecule has 0 saturated heterocycles. The topological polar surface area (TPSA) is 140 Å². The molecule has 0 spiro atoms. The van der Waals surface area contributed by atoms with E-state index in [-0.39, 0.29) is 37.6 Å². The lowest BCUT2D eigenvalue weighted by atomic mass is 10.2. The fourth-order valence-electron chi connectivity index (χ4n) is 1.73. The quantitative estimate of drug-likeness (QED) is 0.269. The van der Waals surface area contributed by atoms with Crippen LogP contribution < -0.4 is 5.32 Å². The van der Waals surface area contributed by atoms with Crippen LogP contribution in [0.3, 0.4) is 0 Å². The summed E-state index contributed by atoms with van der Waals surface area (Å²) in [5.41, 5.74) is -0.0376. The van der Waals surface area contributed by atoms with Crippen LogP contribution in [0.4, 0.5) is 11.4 Å². The van der Waals surface area contributed by atoms with Crippen molar-refractivity contribution < 1.29 is 19.9 Å². The normalized spacial score (nSPS) is 10.7. The average Bonchev–Trinajstić information content (AvgIpc) is 2.55. The Morgan fingerprint density at radius 2 is 2.04 bits per heavy atom. The van der Waals surface area contributed by atoms with Crippen LogP contribution in [0.15, 0.2) is 36.0 Å². The fourth-order valence-corrected chi connectivity index (χ4v) is 1.73. The molecule has 0 saturated carbocycles. The molecule has 0 heterocycles. The van der Waals surface area contributed by atoms with Crippen molar-refractivity contribution in [2.24, 2.45) is 0 Å². The highest BCUT2D eigenvalue weighted by Gasteiger charge is 2.17. The molecule has 122 valence electrons. The predicted octanol–water partition coefficient (Wildman–Crippen LogP) is 0.227. The van der Waals surface area contributed by atoms with E-state index >= 15 is 0 Å². The minimum Gasteiger partial charge on any atom is -0.395 e. The van der Waals surface area contributed by atoms with Gasteiger partial charge in [-0.2, -0.15) is 5.26 Å². The lowest BCUT2D eigenvalue weighted by Gasteiger charge is -2.20. The molecule has 9 heteroatoms. The van der Waals surface area contributed by atoms with Gasteiger partial charge in [-0.15, -0.1) is 0 Å². The Balaban J connectivity index is 2.90. The summed E-state index contributed by atoms with van der Waals surface area (Å²) in [6.07, 6.45) is 1.13. The number of carbonyl (C=O) groups excluding carboxylic acids is 1. The van der Waals surface area contributed by atoms with Crippen molar-refractivity contribution in [2.75, 3.05) is 31.6 Å². The maximum Gasteiger partial charge on any atom is 0.271 e. The molecule has 0 aliphatic rings. The second-order valence-corrected chi connectivity index (χ2v) is 4.36. The number of anilines is 1. The van der Waals surface area contributed by atoms with Crippen LogP contribution in [0.2, 0.25) is 0 Å². The Hall–Kier alpha value is -2.96. The minimum atomic E-state index is -0.659. The van der Waals surface area contributed by atoms with Crippen LogP contribution in [-0.4, -0.2) is 52.2 Å². The van der Waals surface area contributed by atoms with E-state index in [1.165, 1.54) is 18.2 Å². The molecule has 3 N–H and O–H groups in total. The van der Waals surface area contributed by atoms with E-state index in [9.17, 15) is 14.9 Å². The molecule has 0 unspecified atom stereocenters. The summed E-state index contributed by atoms with van der Waals surface area (Å²) in [7, 11) is 0. The first kappa shape index (κ1) is 18.1. The summed E-state index contributed by atoms with van der Waals surface area (Å²) in [5, 5.41) is 40.2. The van der Waals surface area contributed by atoms with E-state index in [0.29, 0.717) is 5.69 Å². The number of nitro groups is 1. The Bertz CT molecular complexity index is 632. The van der Waals surface area contributed by atoms with Crippen LogP contribution in [0.1, 0.15) is 0 Å². The number of nitriles is 1. The van der Waals surface area contributed by atoms with Crippen LogP contribution in [0.5, 0.6) is 0 Å². The van der Waals surface area contributed by atoms with Gasteiger partial charge >= 0.3 is 0 Å². The average molecular weight is 320 g/mol. The van der Waals surface area contributed by atoms with Gasteiger partial charge in [0.2, 0.25) is 0 Å². The van der Waals surface area contributed by atoms with Gasteiger partial charge in [-0.25, -0.2) is 0 Å². The van der Waals surface area contributed by atoms with E-state index < -0.39 is 10.8 Å². The highest BCUT2D eigenvalue weighted by Crippen LogP contribution is 2.17. The van der Waals surface area contributed by atoms with Gasteiger partial charge in [0.25, 0.3) is 11.6 Å². The van der Waals surface area contributed by atoms with Crippen molar-refractivity contribution in [1.29, 1.82) is 5.26 Å². The number of non-ortho nitro benzene ring substituents is 1. The number of hydrogen-bond acceptors (Lipinski definition) is 7. The highest BCUT2D eigenvalue weighted by molar-refractivity contribution is 5.97. The number of nitro benzene ring substituents is 1. The summed E-state index contributed by atoms with van der Waals surface area (Å²) in [6, 6.07) is 7.30. The minimum absolute atomic E-state index is 0.0186. The van der Waals surface area contributed by atoms with Gasteiger partial charge < -0.3 is 20.4 Å². The summed E-state index contributed by atoms with van der Waals surface area (Å²) in [5.74, 6) is -0.659. The molecule has 0 radical (unpaired) electrons. The summed E-state index contributed by atoms with van der Waals surface area (Å²) in [6.45, 7) is -0.643. The predicted molar refractivity (Wildman–Crippen MR) is 81.2 cm³/mol. The van der Waals surface area contributed by atoms with Crippen molar-refractivity contribution >= 4 is 17.3 Å². The standard InChI is InChI=1S/C14H16N4O5/c15-9-11(14(21)17(4-6-19)5-7-20)10-16-12-2-1-3-13(8-12)18(22)23/h1-3,8,10,16,19-20H,4-7H2/b11-10-. The number of hydrogen-bond donors (Lipinski definition) is 3. The molecule has 0 aromatic heterocycles. The maximum absolute atomic E-state index is 12.1. The number of nitrogens with one attached hydrogen (secondary N) is 1. The molecular formula is C14H16N4O5. The van der Waals surface area contributed by atoms with E-state index in [1.807, 2.05) is 0 Å². The number of aliphatic hydroxyl groups is 2. The van der Waals surface area contributed by atoms with Crippen molar-refractivity contribution in [1.82, 2.24) is 4.90 Å². The van der Waals surface area contributed by atoms with E-state index in [4.69, 9.17) is 15.5 Å². The Kier molecular flexibility index (Phi) is 7.19. The zero-order valence-electron chi connectivity index (χ0n) is 12.2. The third kappa shape index (κ3) is 5.39. The second-order valence-electron chi connectivity index (χ2n) is 4.36. The third-order valence-electron chi connectivity index (χ3n) is 2.82. The Labute approximate surface area is 132 Å². The van der Waals surface area contributed by atoms with Crippen molar-refractivity contribution in [3.8, 4) is 6.07 Å². The molecular weight excluding hydrogens is 304 g/mol. The summed E-state index contributed by atoms with van der Waals surface area (Å²) < 4.78 is 0.